The van der Waals surface area contributed by atoms with Crippen molar-refractivity contribution in [2.24, 2.45) is 5.92 Å². The van der Waals surface area contributed by atoms with Gasteiger partial charge in [0, 0.05) is 33.1 Å². The molecule has 2 rings (SSSR count). The second kappa shape index (κ2) is 5.97. The first kappa shape index (κ1) is 13.0. The highest BCUT2D eigenvalue weighted by Crippen LogP contribution is 2.34. The Bertz CT molecular complexity index is 405. The number of carboxylic acids is 1. The summed E-state index contributed by atoms with van der Waals surface area (Å²) in [5.41, 5.74) is 0.844. The molecule has 0 bridgehead atoms. The van der Waals surface area contributed by atoms with Gasteiger partial charge in [0.05, 0.1) is 11.6 Å². The Labute approximate surface area is 106 Å². The zero-order valence-electron chi connectivity index (χ0n) is 10.4. The maximum atomic E-state index is 11.1. The van der Waals surface area contributed by atoms with Gasteiger partial charge in [-0.3, -0.25) is 9.48 Å². The molecular weight excluding hydrogens is 236 g/mol. The van der Waals surface area contributed by atoms with Crippen molar-refractivity contribution in [2.75, 3.05) is 20.3 Å². The summed E-state index contributed by atoms with van der Waals surface area (Å²) in [6, 6.07) is 1.83. The number of aromatic nitrogens is 2. The van der Waals surface area contributed by atoms with Crippen molar-refractivity contribution < 1.29 is 19.4 Å². The lowest BCUT2D eigenvalue weighted by molar-refractivity contribution is -0.143. The average molecular weight is 254 g/mol. The van der Waals surface area contributed by atoms with Crippen molar-refractivity contribution in [2.45, 2.75) is 25.5 Å². The van der Waals surface area contributed by atoms with E-state index in [1.54, 1.807) is 13.3 Å². The van der Waals surface area contributed by atoms with E-state index in [0.717, 1.165) is 12.1 Å². The fourth-order valence-electron chi connectivity index (χ4n) is 2.26. The maximum absolute atomic E-state index is 11.1. The Balaban J connectivity index is 2.08. The second-order valence-electron chi connectivity index (χ2n) is 4.35. The van der Waals surface area contributed by atoms with Crippen molar-refractivity contribution in [1.82, 2.24) is 9.78 Å². The molecular formula is C12H18N2O4. The van der Waals surface area contributed by atoms with Crippen LogP contribution < -0.4 is 0 Å². The van der Waals surface area contributed by atoms with Gasteiger partial charge in [-0.15, -0.1) is 0 Å². The minimum Gasteiger partial charge on any atom is -0.481 e. The van der Waals surface area contributed by atoms with E-state index in [9.17, 15) is 4.79 Å². The van der Waals surface area contributed by atoms with Gasteiger partial charge in [0.25, 0.3) is 0 Å². The zero-order chi connectivity index (χ0) is 13.0. The number of aliphatic carboxylic acids is 1. The summed E-state index contributed by atoms with van der Waals surface area (Å²) in [5, 5.41) is 13.4. The van der Waals surface area contributed by atoms with Gasteiger partial charge < -0.3 is 14.6 Å². The molecule has 0 radical (unpaired) electrons. The van der Waals surface area contributed by atoms with Crippen LogP contribution >= 0.6 is 0 Å². The molecule has 0 spiro atoms. The molecule has 6 nitrogen and oxygen atoms in total. The third kappa shape index (κ3) is 2.70. The maximum Gasteiger partial charge on any atom is 0.309 e. The van der Waals surface area contributed by atoms with Gasteiger partial charge in [0.1, 0.15) is 6.10 Å². The summed E-state index contributed by atoms with van der Waals surface area (Å²) in [6.45, 7) is 1.86. The van der Waals surface area contributed by atoms with Crippen LogP contribution in [0.4, 0.5) is 0 Å². The normalized spacial score (nSPS) is 23.4. The van der Waals surface area contributed by atoms with E-state index in [4.69, 9.17) is 14.6 Å². The molecule has 1 aromatic heterocycles. The Morgan fingerprint density at radius 3 is 3.28 bits per heavy atom. The minimum atomic E-state index is -0.804. The highest BCUT2D eigenvalue weighted by Gasteiger charge is 2.36. The number of methoxy groups -OCH3 is 1. The standard InChI is InChI=1S/C12H18N2O4/c1-17-7-2-6-14-10(3-5-13-14)11-9(12(15)16)4-8-18-11/h3,5,9,11H,2,4,6-8H2,1H3,(H,15,16)/t9-,11-/m1/s1. The SMILES string of the molecule is COCCCn1nccc1[C@@H]1OCC[C@H]1C(=O)O. The van der Waals surface area contributed by atoms with Crippen LogP contribution in [0, 0.1) is 5.92 Å². The average Bonchev–Trinajstić information content (AvgIpc) is 2.96. The summed E-state index contributed by atoms with van der Waals surface area (Å²) >= 11 is 0. The highest BCUT2D eigenvalue weighted by atomic mass is 16.5. The minimum absolute atomic E-state index is 0.382. The molecule has 6 heteroatoms. The predicted octanol–water partition coefficient (Wildman–Crippen LogP) is 1.08. The lowest BCUT2D eigenvalue weighted by Gasteiger charge is -2.16. The quantitative estimate of drug-likeness (QED) is 0.769. The number of ether oxygens (including phenoxy) is 2. The summed E-state index contributed by atoms with van der Waals surface area (Å²) in [6.07, 6.45) is 2.70. The predicted molar refractivity (Wildman–Crippen MR) is 63.2 cm³/mol. The molecule has 100 valence electrons. The van der Waals surface area contributed by atoms with Crippen LogP contribution in [0.2, 0.25) is 0 Å². The van der Waals surface area contributed by atoms with Gasteiger partial charge in [-0.05, 0) is 18.9 Å². The van der Waals surface area contributed by atoms with E-state index in [2.05, 4.69) is 5.10 Å². The molecule has 1 N–H and O–H groups in total. The highest BCUT2D eigenvalue weighted by molar-refractivity contribution is 5.71. The monoisotopic (exact) mass is 254 g/mol. The zero-order valence-corrected chi connectivity index (χ0v) is 10.4. The van der Waals surface area contributed by atoms with Crippen LogP contribution in [0.15, 0.2) is 12.3 Å². The molecule has 1 aliphatic heterocycles. The molecule has 18 heavy (non-hydrogen) atoms. The van der Waals surface area contributed by atoms with Crippen molar-refractivity contribution >= 4 is 5.97 Å². The van der Waals surface area contributed by atoms with E-state index in [1.807, 2.05) is 10.7 Å². The molecule has 1 saturated heterocycles. The van der Waals surface area contributed by atoms with Gasteiger partial charge >= 0.3 is 5.97 Å². The summed E-state index contributed by atoms with van der Waals surface area (Å²) < 4.78 is 12.4. The van der Waals surface area contributed by atoms with Gasteiger partial charge in [0.2, 0.25) is 0 Å². The van der Waals surface area contributed by atoms with E-state index in [0.29, 0.717) is 26.2 Å². The van der Waals surface area contributed by atoms with E-state index in [1.165, 1.54) is 0 Å². The smallest absolute Gasteiger partial charge is 0.309 e. The van der Waals surface area contributed by atoms with Gasteiger partial charge in [-0.1, -0.05) is 0 Å². The van der Waals surface area contributed by atoms with E-state index < -0.39 is 11.9 Å². The van der Waals surface area contributed by atoms with Gasteiger partial charge in [-0.2, -0.15) is 5.10 Å². The molecule has 0 aliphatic carbocycles. The fraction of sp³-hybridized carbons (Fsp3) is 0.667. The molecule has 0 amide bonds. The largest absolute Gasteiger partial charge is 0.481 e. The number of hydrogen-bond acceptors (Lipinski definition) is 4. The lowest BCUT2D eigenvalue weighted by Crippen LogP contribution is -2.20. The van der Waals surface area contributed by atoms with Gasteiger partial charge in [-0.25, -0.2) is 0 Å². The number of carboxylic acid groups (broad SMARTS) is 1. The number of nitrogens with zero attached hydrogens (tertiary/aromatic N) is 2. The van der Waals surface area contributed by atoms with E-state index in [-0.39, 0.29) is 6.10 Å². The van der Waals surface area contributed by atoms with Crippen LogP contribution in [0.5, 0.6) is 0 Å². The first-order valence-corrected chi connectivity index (χ1v) is 6.09. The first-order valence-electron chi connectivity index (χ1n) is 6.09. The lowest BCUT2D eigenvalue weighted by atomic mass is 9.99. The van der Waals surface area contributed by atoms with Crippen LogP contribution in [-0.4, -0.2) is 41.2 Å². The number of aryl methyl sites for hydroxylation is 1. The first-order chi connectivity index (χ1) is 8.74. The van der Waals surface area contributed by atoms with Crippen LogP contribution in [0.25, 0.3) is 0 Å². The molecule has 2 atom stereocenters. The molecule has 0 unspecified atom stereocenters. The van der Waals surface area contributed by atoms with Crippen molar-refractivity contribution in [3.8, 4) is 0 Å². The molecule has 2 heterocycles. The molecule has 1 aliphatic rings. The Morgan fingerprint density at radius 1 is 1.72 bits per heavy atom. The van der Waals surface area contributed by atoms with Crippen molar-refractivity contribution in [3.63, 3.8) is 0 Å². The Kier molecular flexibility index (Phi) is 4.33. The fourth-order valence-corrected chi connectivity index (χ4v) is 2.26. The van der Waals surface area contributed by atoms with Crippen LogP contribution in [0.3, 0.4) is 0 Å². The summed E-state index contributed by atoms with van der Waals surface area (Å²) in [4.78, 5) is 11.1. The van der Waals surface area contributed by atoms with E-state index >= 15 is 0 Å². The third-order valence-corrected chi connectivity index (χ3v) is 3.17. The topological polar surface area (TPSA) is 73.6 Å². The molecule has 0 aromatic carbocycles. The van der Waals surface area contributed by atoms with Crippen molar-refractivity contribution in [3.05, 3.63) is 18.0 Å². The molecule has 0 saturated carbocycles. The summed E-state index contributed by atoms with van der Waals surface area (Å²) in [5.74, 6) is -1.27. The van der Waals surface area contributed by atoms with Crippen LogP contribution in [0.1, 0.15) is 24.6 Å². The Morgan fingerprint density at radius 2 is 2.56 bits per heavy atom. The Hall–Kier alpha value is -1.40. The third-order valence-electron chi connectivity index (χ3n) is 3.17. The number of hydrogen-bond donors (Lipinski definition) is 1. The second-order valence-corrected chi connectivity index (χ2v) is 4.35. The summed E-state index contributed by atoms with van der Waals surface area (Å²) in [7, 11) is 1.66. The number of carbonyl (C=O) groups is 1. The molecule has 1 fully saturated rings. The van der Waals surface area contributed by atoms with Gasteiger partial charge in [0.15, 0.2) is 0 Å². The van der Waals surface area contributed by atoms with Crippen molar-refractivity contribution in [1.29, 1.82) is 0 Å². The molecule has 1 aromatic rings. The number of rotatable bonds is 6. The van der Waals surface area contributed by atoms with Crippen LogP contribution in [-0.2, 0) is 20.8 Å².